The molecule has 6 heteroatoms. The first-order valence-electron chi connectivity index (χ1n) is 6.75. The van der Waals surface area contributed by atoms with Crippen molar-refractivity contribution in [2.24, 2.45) is 5.92 Å². The second-order valence-corrected chi connectivity index (χ2v) is 5.04. The van der Waals surface area contributed by atoms with E-state index in [9.17, 15) is 4.79 Å². The zero-order valence-electron chi connectivity index (χ0n) is 12.0. The van der Waals surface area contributed by atoms with Crippen LogP contribution in [0.3, 0.4) is 0 Å². The standard InChI is InChI=1S/C14H21N3O3/c1-17(9-10-5-7-20-8-6-10)13-11(15)3-4-12(16-13)14(18)19-2/h3-4,10H,5-9,15H2,1-2H3. The first-order valence-corrected chi connectivity index (χ1v) is 6.75. The molecule has 1 saturated heterocycles. The molecule has 2 N–H and O–H groups in total. The molecule has 0 amide bonds. The molecule has 1 aliphatic rings. The van der Waals surface area contributed by atoms with Crippen LogP contribution in [0.5, 0.6) is 0 Å². The van der Waals surface area contributed by atoms with E-state index in [4.69, 9.17) is 10.5 Å². The van der Waals surface area contributed by atoms with Crippen LogP contribution < -0.4 is 10.6 Å². The molecule has 1 aliphatic heterocycles. The van der Waals surface area contributed by atoms with Gasteiger partial charge in [-0.25, -0.2) is 9.78 Å². The number of nitrogen functional groups attached to an aromatic ring is 1. The van der Waals surface area contributed by atoms with Crippen LogP contribution in [0.2, 0.25) is 0 Å². The van der Waals surface area contributed by atoms with E-state index in [2.05, 4.69) is 9.72 Å². The molecule has 1 fully saturated rings. The van der Waals surface area contributed by atoms with Crippen LogP contribution >= 0.6 is 0 Å². The van der Waals surface area contributed by atoms with Crippen LogP contribution in [0.4, 0.5) is 11.5 Å². The molecule has 6 nitrogen and oxygen atoms in total. The smallest absolute Gasteiger partial charge is 0.356 e. The molecule has 1 aromatic rings. The molecule has 0 bridgehead atoms. The number of hydrogen-bond acceptors (Lipinski definition) is 6. The molecule has 0 aromatic carbocycles. The lowest BCUT2D eigenvalue weighted by Gasteiger charge is -2.28. The maximum absolute atomic E-state index is 11.5. The Morgan fingerprint density at radius 3 is 2.85 bits per heavy atom. The highest BCUT2D eigenvalue weighted by molar-refractivity contribution is 5.88. The van der Waals surface area contributed by atoms with Gasteiger partial charge < -0.3 is 20.1 Å². The van der Waals surface area contributed by atoms with Gasteiger partial charge in [0.05, 0.1) is 12.8 Å². The fourth-order valence-corrected chi connectivity index (χ4v) is 2.39. The summed E-state index contributed by atoms with van der Waals surface area (Å²) >= 11 is 0. The van der Waals surface area contributed by atoms with Crippen molar-refractivity contribution in [3.05, 3.63) is 17.8 Å². The van der Waals surface area contributed by atoms with E-state index < -0.39 is 5.97 Å². The number of carbonyl (C=O) groups excluding carboxylic acids is 1. The Morgan fingerprint density at radius 2 is 2.20 bits per heavy atom. The molecular formula is C14H21N3O3. The number of ether oxygens (including phenoxy) is 2. The van der Waals surface area contributed by atoms with E-state index in [0.717, 1.165) is 32.6 Å². The van der Waals surface area contributed by atoms with Gasteiger partial charge in [0.2, 0.25) is 0 Å². The zero-order chi connectivity index (χ0) is 14.5. The van der Waals surface area contributed by atoms with E-state index in [-0.39, 0.29) is 5.69 Å². The second-order valence-electron chi connectivity index (χ2n) is 5.04. The Hall–Kier alpha value is -1.82. The molecule has 110 valence electrons. The van der Waals surface area contributed by atoms with Gasteiger partial charge in [0.25, 0.3) is 0 Å². The lowest BCUT2D eigenvalue weighted by molar-refractivity contribution is 0.0594. The van der Waals surface area contributed by atoms with Crippen LogP contribution in [-0.2, 0) is 9.47 Å². The normalized spacial score (nSPS) is 15.9. The third kappa shape index (κ3) is 3.39. The van der Waals surface area contributed by atoms with Gasteiger partial charge in [0.1, 0.15) is 0 Å². The number of methoxy groups -OCH3 is 1. The fourth-order valence-electron chi connectivity index (χ4n) is 2.39. The van der Waals surface area contributed by atoms with Crippen molar-refractivity contribution in [2.75, 3.05) is 44.5 Å². The molecule has 0 atom stereocenters. The third-order valence-electron chi connectivity index (χ3n) is 3.53. The third-order valence-corrected chi connectivity index (χ3v) is 3.53. The summed E-state index contributed by atoms with van der Waals surface area (Å²) in [5.41, 5.74) is 6.79. The minimum atomic E-state index is -0.453. The Labute approximate surface area is 118 Å². The zero-order valence-corrected chi connectivity index (χ0v) is 12.0. The van der Waals surface area contributed by atoms with Gasteiger partial charge >= 0.3 is 5.97 Å². The predicted octanol–water partition coefficient (Wildman–Crippen LogP) is 1.31. The number of pyridine rings is 1. The lowest BCUT2D eigenvalue weighted by Crippen LogP contribution is -2.30. The first-order chi connectivity index (χ1) is 9.61. The summed E-state index contributed by atoms with van der Waals surface area (Å²) in [6.07, 6.45) is 2.09. The number of aromatic nitrogens is 1. The number of carbonyl (C=O) groups is 1. The highest BCUT2D eigenvalue weighted by atomic mass is 16.5. The molecule has 0 spiro atoms. The van der Waals surface area contributed by atoms with E-state index in [1.165, 1.54) is 7.11 Å². The van der Waals surface area contributed by atoms with Crippen LogP contribution in [0, 0.1) is 5.92 Å². The van der Waals surface area contributed by atoms with Gasteiger partial charge in [-0.3, -0.25) is 0 Å². The van der Waals surface area contributed by atoms with Gasteiger partial charge in [-0.15, -0.1) is 0 Å². The van der Waals surface area contributed by atoms with Crippen molar-refractivity contribution in [1.29, 1.82) is 0 Å². The molecule has 2 heterocycles. The van der Waals surface area contributed by atoms with E-state index in [1.54, 1.807) is 12.1 Å². The molecule has 1 aromatic heterocycles. The average Bonchev–Trinajstić information content (AvgIpc) is 2.48. The Kier molecular flexibility index (Phi) is 4.79. The molecule has 2 rings (SSSR count). The molecule has 20 heavy (non-hydrogen) atoms. The van der Waals surface area contributed by atoms with E-state index >= 15 is 0 Å². The van der Waals surface area contributed by atoms with Crippen LogP contribution in [-0.4, -0.2) is 44.9 Å². The number of nitrogens with zero attached hydrogens (tertiary/aromatic N) is 2. The Balaban J connectivity index is 2.11. The van der Waals surface area contributed by atoms with Crippen molar-refractivity contribution in [2.45, 2.75) is 12.8 Å². The lowest BCUT2D eigenvalue weighted by atomic mass is 10.00. The second kappa shape index (κ2) is 6.56. The predicted molar refractivity (Wildman–Crippen MR) is 76.8 cm³/mol. The molecule has 0 aliphatic carbocycles. The van der Waals surface area contributed by atoms with E-state index in [1.807, 2.05) is 11.9 Å². The van der Waals surface area contributed by atoms with Crippen LogP contribution in [0.15, 0.2) is 12.1 Å². The molecular weight excluding hydrogens is 258 g/mol. The van der Waals surface area contributed by atoms with Gasteiger partial charge in [0, 0.05) is 26.8 Å². The van der Waals surface area contributed by atoms with Gasteiger partial charge in [-0.1, -0.05) is 0 Å². The number of rotatable bonds is 4. The Morgan fingerprint density at radius 1 is 1.50 bits per heavy atom. The average molecular weight is 279 g/mol. The van der Waals surface area contributed by atoms with Crippen LogP contribution in [0.1, 0.15) is 23.3 Å². The summed E-state index contributed by atoms with van der Waals surface area (Å²) in [7, 11) is 3.28. The molecule has 0 radical (unpaired) electrons. The van der Waals surface area contributed by atoms with Gasteiger partial charge in [-0.2, -0.15) is 0 Å². The fraction of sp³-hybridized carbons (Fsp3) is 0.571. The van der Waals surface area contributed by atoms with Crippen molar-refractivity contribution in [3.8, 4) is 0 Å². The summed E-state index contributed by atoms with van der Waals surface area (Å²) in [5, 5.41) is 0. The quantitative estimate of drug-likeness (QED) is 0.837. The first kappa shape index (κ1) is 14.6. The van der Waals surface area contributed by atoms with Crippen molar-refractivity contribution >= 4 is 17.5 Å². The number of hydrogen-bond donors (Lipinski definition) is 1. The van der Waals surface area contributed by atoms with Gasteiger partial charge in [0.15, 0.2) is 11.5 Å². The number of esters is 1. The van der Waals surface area contributed by atoms with Gasteiger partial charge in [-0.05, 0) is 30.9 Å². The van der Waals surface area contributed by atoms with Crippen LogP contribution in [0.25, 0.3) is 0 Å². The largest absolute Gasteiger partial charge is 0.464 e. The summed E-state index contributed by atoms with van der Waals surface area (Å²) < 4.78 is 10.0. The summed E-state index contributed by atoms with van der Waals surface area (Å²) in [6.45, 7) is 2.47. The highest BCUT2D eigenvalue weighted by Crippen LogP contribution is 2.23. The van der Waals surface area contributed by atoms with E-state index in [0.29, 0.717) is 17.4 Å². The van der Waals surface area contributed by atoms with Crippen molar-refractivity contribution in [1.82, 2.24) is 4.98 Å². The maximum atomic E-state index is 11.5. The molecule has 0 saturated carbocycles. The van der Waals surface area contributed by atoms with Crippen molar-refractivity contribution < 1.29 is 14.3 Å². The van der Waals surface area contributed by atoms with Crippen molar-refractivity contribution in [3.63, 3.8) is 0 Å². The summed E-state index contributed by atoms with van der Waals surface area (Å²) in [5.74, 6) is 0.738. The summed E-state index contributed by atoms with van der Waals surface area (Å²) in [4.78, 5) is 17.8. The topological polar surface area (TPSA) is 77.7 Å². The summed E-state index contributed by atoms with van der Waals surface area (Å²) in [6, 6.07) is 3.27. The minimum Gasteiger partial charge on any atom is -0.464 e. The monoisotopic (exact) mass is 279 g/mol. The number of nitrogens with two attached hydrogens (primary N) is 1. The highest BCUT2D eigenvalue weighted by Gasteiger charge is 2.19. The SMILES string of the molecule is COC(=O)c1ccc(N)c(N(C)CC2CCOCC2)n1. The number of anilines is 2. The Bertz CT molecular complexity index is 473. The minimum absolute atomic E-state index is 0.274. The maximum Gasteiger partial charge on any atom is 0.356 e. The molecule has 0 unspecified atom stereocenters.